The molecule has 1 saturated carbocycles. The standard InChI is InChI=1S/C8H11FN2O2/c1-7(2)3-8(9)4(7)10-6(13)11-5(8)12/h4H,3H2,1-2H3,(H2,10,11,12,13). The Hall–Kier alpha value is -1.13. The molecule has 1 aliphatic carbocycles. The lowest BCUT2D eigenvalue weighted by atomic mass is 9.57. The highest BCUT2D eigenvalue weighted by Crippen LogP contribution is 2.51. The van der Waals surface area contributed by atoms with E-state index in [1.807, 2.05) is 19.2 Å². The van der Waals surface area contributed by atoms with Crippen LogP contribution in [0.1, 0.15) is 20.3 Å². The number of imide groups is 1. The second-order valence-electron chi connectivity index (χ2n) is 4.39. The summed E-state index contributed by atoms with van der Waals surface area (Å²) in [6, 6.07) is -1.28. The Morgan fingerprint density at radius 3 is 2.62 bits per heavy atom. The number of carbonyl (C=O) groups excluding carboxylic acids is 2. The summed E-state index contributed by atoms with van der Waals surface area (Å²) in [7, 11) is 0. The first-order valence-corrected chi connectivity index (χ1v) is 4.17. The summed E-state index contributed by atoms with van der Waals surface area (Å²) in [6.45, 7) is 3.66. The molecule has 4 nitrogen and oxygen atoms in total. The molecule has 1 heterocycles. The summed E-state index contributed by atoms with van der Waals surface area (Å²) < 4.78 is 13.8. The van der Waals surface area contributed by atoms with Crippen molar-refractivity contribution in [1.29, 1.82) is 0 Å². The van der Waals surface area contributed by atoms with Gasteiger partial charge in [-0.2, -0.15) is 0 Å². The van der Waals surface area contributed by atoms with E-state index in [1.54, 1.807) is 0 Å². The number of carbonyl (C=O) groups is 2. The fourth-order valence-electron chi connectivity index (χ4n) is 2.25. The summed E-state index contributed by atoms with van der Waals surface area (Å²) in [5.74, 6) is -0.805. The molecule has 0 bridgehead atoms. The molecule has 1 saturated heterocycles. The van der Waals surface area contributed by atoms with E-state index in [2.05, 4.69) is 5.32 Å². The van der Waals surface area contributed by atoms with Crippen LogP contribution in [0.15, 0.2) is 0 Å². The predicted octanol–water partition coefficient (Wildman–Crippen LogP) is 0.333. The topological polar surface area (TPSA) is 58.2 Å². The number of amides is 3. The van der Waals surface area contributed by atoms with E-state index in [0.29, 0.717) is 0 Å². The lowest BCUT2D eigenvalue weighted by Gasteiger charge is -2.56. The first-order chi connectivity index (χ1) is 5.86. The van der Waals surface area contributed by atoms with Crippen LogP contribution in [0.5, 0.6) is 0 Å². The summed E-state index contributed by atoms with van der Waals surface area (Å²) in [5.41, 5.74) is -2.22. The van der Waals surface area contributed by atoms with E-state index >= 15 is 0 Å². The van der Waals surface area contributed by atoms with E-state index in [4.69, 9.17) is 0 Å². The largest absolute Gasteiger partial charge is 0.331 e. The number of rotatable bonds is 0. The van der Waals surface area contributed by atoms with E-state index in [1.165, 1.54) is 0 Å². The summed E-state index contributed by atoms with van der Waals surface area (Å²) in [4.78, 5) is 22.0. The average Bonchev–Trinajstić information content (AvgIpc) is 1.97. The molecular formula is C8H11FN2O2. The third kappa shape index (κ3) is 0.897. The van der Waals surface area contributed by atoms with E-state index < -0.39 is 23.6 Å². The smallest absolute Gasteiger partial charge is 0.321 e. The fourth-order valence-corrected chi connectivity index (χ4v) is 2.25. The maximum Gasteiger partial charge on any atom is 0.321 e. The van der Waals surface area contributed by atoms with Gasteiger partial charge in [-0.05, 0) is 11.8 Å². The van der Waals surface area contributed by atoms with Crippen molar-refractivity contribution in [2.24, 2.45) is 5.41 Å². The fraction of sp³-hybridized carbons (Fsp3) is 0.750. The average molecular weight is 186 g/mol. The van der Waals surface area contributed by atoms with E-state index in [0.717, 1.165) is 0 Å². The molecule has 2 N–H and O–H groups in total. The molecule has 0 aromatic rings. The van der Waals surface area contributed by atoms with Crippen molar-refractivity contribution in [2.45, 2.75) is 32.0 Å². The molecule has 72 valence electrons. The minimum absolute atomic E-state index is 0.163. The Bertz CT molecular complexity index is 303. The van der Waals surface area contributed by atoms with E-state index in [9.17, 15) is 14.0 Å². The van der Waals surface area contributed by atoms with Crippen LogP contribution < -0.4 is 10.6 Å². The lowest BCUT2D eigenvalue weighted by molar-refractivity contribution is -0.158. The van der Waals surface area contributed by atoms with Crippen LogP contribution in [0.3, 0.4) is 0 Å². The molecule has 0 aromatic carbocycles. The van der Waals surface area contributed by atoms with Crippen molar-refractivity contribution >= 4 is 11.9 Å². The highest BCUT2D eigenvalue weighted by atomic mass is 19.1. The van der Waals surface area contributed by atoms with Gasteiger partial charge < -0.3 is 5.32 Å². The van der Waals surface area contributed by atoms with Crippen LogP contribution in [-0.2, 0) is 4.79 Å². The summed E-state index contributed by atoms with van der Waals surface area (Å²) in [6.07, 6.45) is 0.163. The quantitative estimate of drug-likeness (QED) is 0.573. The molecule has 0 spiro atoms. The van der Waals surface area contributed by atoms with Gasteiger partial charge in [-0.1, -0.05) is 13.8 Å². The Balaban J connectivity index is 2.30. The highest BCUT2D eigenvalue weighted by molar-refractivity contribution is 6.03. The zero-order valence-corrected chi connectivity index (χ0v) is 7.48. The van der Waals surface area contributed by atoms with Crippen LogP contribution >= 0.6 is 0 Å². The van der Waals surface area contributed by atoms with Gasteiger partial charge in [-0.15, -0.1) is 0 Å². The number of halogens is 1. The molecule has 2 fully saturated rings. The van der Waals surface area contributed by atoms with Crippen molar-refractivity contribution in [3.05, 3.63) is 0 Å². The molecule has 5 heteroatoms. The van der Waals surface area contributed by atoms with Crippen LogP contribution in [0.25, 0.3) is 0 Å². The second kappa shape index (κ2) is 2.02. The van der Waals surface area contributed by atoms with Gasteiger partial charge in [-0.3, -0.25) is 10.1 Å². The molecule has 2 unspecified atom stereocenters. The number of urea groups is 1. The molecule has 2 rings (SSSR count). The van der Waals surface area contributed by atoms with Gasteiger partial charge >= 0.3 is 6.03 Å². The van der Waals surface area contributed by atoms with Gasteiger partial charge in [0, 0.05) is 0 Å². The van der Waals surface area contributed by atoms with Gasteiger partial charge in [-0.25, -0.2) is 9.18 Å². The Labute approximate surface area is 74.9 Å². The van der Waals surface area contributed by atoms with Crippen molar-refractivity contribution < 1.29 is 14.0 Å². The molecule has 1 aliphatic heterocycles. The number of fused-ring (bicyclic) bond motifs is 1. The Morgan fingerprint density at radius 1 is 1.46 bits per heavy atom. The number of nitrogens with one attached hydrogen (secondary N) is 2. The SMILES string of the molecule is CC1(C)CC2(F)C(=O)NC(=O)NC12. The monoisotopic (exact) mass is 186 g/mol. The highest BCUT2D eigenvalue weighted by Gasteiger charge is 2.67. The van der Waals surface area contributed by atoms with Crippen LogP contribution in [0, 0.1) is 5.41 Å². The Kier molecular flexibility index (Phi) is 1.32. The van der Waals surface area contributed by atoms with Gasteiger partial charge in [0.15, 0.2) is 0 Å². The third-order valence-electron chi connectivity index (χ3n) is 2.83. The van der Waals surface area contributed by atoms with Crippen molar-refractivity contribution in [3.63, 3.8) is 0 Å². The number of hydrogen-bond donors (Lipinski definition) is 2. The number of hydrogen-bond acceptors (Lipinski definition) is 2. The second-order valence-corrected chi connectivity index (χ2v) is 4.39. The zero-order valence-electron chi connectivity index (χ0n) is 7.48. The first-order valence-electron chi connectivity index (χ1n) is 4.17. The van der Waals surface area contributed by atoms with Crippen LogP contribution in [-0.4, -0.2) is 23.6 Å². The summed E-state index contributed by atoms with van der Waals surface area (Å²) >= 11 is 0. The molecule has 2 atom stereocenters. The molecule has 0 radical (unpaired) electrons. The van der Waals surface area contributed by atoms with Crippen molar-refractivity contribution in [1.82, 2.24) is 10.6 Å². The summed E-state index contributed by atoms with van der Waals surface area (Å²) in [5, 5.41) is 4.36. The molecule has 13 heavy (non-hydrogen) atoms. The minimum atomic E-state index is -1.89. The van der Waals surface area contributed by atoms with Gasteiger partial charge in [0.2, 0.25) is 5.67 Å². The maximum absolute atomic E-state index is 13.8. The van der Waals surface area contributed by atoms with Gasteiger partial charge in [0.05, 0.1) is 6.04 Å². The third-order valence-corrected chi connectivity index (χ3v) is 2.83. The van der Waals surface area contributed by atoms with Gasteiger partial charge in [0.1, 0.15) is 0 Å². The lowest BCUT2D eigenvalue weighted by Crippen LogP contribution is -2.78. The van der Waals surface area contributed by atoms with Crippen molar-refractivity contribution in [3.8, 4) is 0 Å². The van der Waals surface area contributed by atoms with Crippen LogP contribution in [0.2, 0.25) is 0 Å². The first kappa shape index (κ1) is 8.47. The van der Waals surface area contributed by atoms with Crippen molar-refractivity contribution in [2.75, 3.05) is 0 Å². The minimum Gasteiger partial charge on any atom is -0.331 e. The Morgan fingerprint density at radius 2 is 2.08 bits per heavy atom. The molecule has 2 aliphatic rings. The number of alkyl halides is 1. The molecule has 3 amide bonds. The maximum atomic E-state index is 13.8. The van der Waals surface area contributed by atoms with Gasteiger partial charge in [0.25, 0.3) is 5.91 Å². The predicted molar refractivity (Wildman–Crippen MR) is 42.7 cm³/mol. The van der Waals surface area contributed by atoms with Crippen LogP contribution in [0.4, 0.5) is 9.18 Å². The zero-order chi connectivity index (χ0) is 9.85. The van der Waals surface area contributed by atoms with E-state index in [-0.39, 0.29) is 11.8 Å². The normalized spacial score (nSPS) is 41.3. The molecular weight excluding hydrogens is 175 g/mol. The molecule has 0 aromatic heterocycles.